The molecular weight excluding hydrogens is 234 g/mol. The van der Waals surface area contributed by atoms with Gasteiger partial charge in [0.15, 0.2) is 11.6 Å². The van der Waals surface area contributed by atoms with Crippen LogP contribution in [-0.2, 0) is 0 Å². The lowest BCUT2D eigenvalue weighted by molar-refractivity contribution is -0.386. The fourth-order valence-electron chi connectivity index (χ4n) is 1.66. The molecule has 0 atom stereocenters. The molecule has 1 aromatic heterocycles. The number of aryl methyl sites for hydroxylation is 1. The van der Waals surface area contributed by atoms with Gasteiger partial charge in [0.2, 0.25) is 0 Å². The van der Waals surface area contributed by atoms with E-state index in [-0.39, 0.29) is 16.5 Å². The van der Waals surface area contributed by atoms with Gasteiger partial charge in [0.1, 0.15) is 0 Å². The number of aromatic nitrogens is 1. The summed E-state index contributed by atoms with van der Waals surface area (Å²) in [6.45, 7) is 1.31. The highest BCUT2D eigenvalue weighted by Gasteiger charge is 2.20. The van der Waals surface area contributed by atoms with E-state index >= 15 is 0 Å². The second kappa shape index (κ2) is 3.62. The van der Waals surface area contributed by atoms with Gasteiger partial charge in [-0.3, -0.25) is 14.9 Å². The van der Waals surface area contributed by atoms with Crippen LogP contribution in [0.1, 0.15) is 5.56 Å². The predicted octanol–water partition coefficient (Wildman–Crippen LogP) is 2.02. The molecule has 0 unspecified atom stereocenters. The van der Waals surface area contributed by atoms with E-state index in [0.717, 1.165) is 12.1 Å². The average molecular weight is 240 g/mol. The number of rotatable bonds is 1. The first kappa shape index (κ1) is 11.2. The van der Waals surface area contributed by atoms with Crippen LogP contribution < -0.4 is 5.56 Å². The second-order valence-electron chi connectivity index (χ2n) is 3.50. The molecule has 17 heavy (non-hydrogen) atoms. The molecule has 1 N–H and O–H groups in total. The number of halogens is 2. The van der Waals surface area contributed by atoms with Gasteiger partial charge >= 0.3 is 11.2 Å². The highest BCUT2D eigenvalue weighted by molar-refractivity contribution is 5.84. The van der Waals surface area contributed by atoms with E-state index in [4.69, 9.17) is 0 Å². The van der Waals surface area contributed by atoms with Crippen molar-refractivity contribution in [3.8, 4) is 0 Å². The highest BCUT2D eigenvalue weighted by atomic mass is 19.2. The summed E-state index contributed by atoms with van der Waals surface area (Å²) in [5, 5.41) is 10.8. The Morgan fingerprint density at radius 3 is 2.47 bits per heavy atom. The maximum absolute atomic E-state index is 13.0. The zero-order valence-corrected chi connectivity index (χ0v) is 8.58. The summed E-state index contributed by atoms with van der Waals surface area (Å²) in [5.74, 6) is -2.25. The highest BCUT2D eigenvalue weighted by Crippen LogP contribution is 2.23. The fourth-order valence-corrected chi connectivity index (χ4v) is 1.66. The van der Waals surface area contributed by atoms with E-state index < -0.39 is 27.8 Å². The van der Waals surface area contributed by atoms with Crippen LogP contribution in [0.2, 0.25) is 0 Å². The van der Waals surface area contributed by atoms with Gasteiger partial charge in [-0.15, -0.1) is 0 Å². The molecule has 0 amide bonds. The van der Waals surface area contributed by atoms with E-state index in [1.807, 2.05) is 0 Å². The largest absolute Gasteiger partial charge is 0.337 e. The number of H-pyrrole nitrogens is 1. The van der Waals surface area contributed by atoms with Gasteiger partial charge < -0.3 is 4.98 Å². The van der Waals surface area contributed by atoms with Crippen LogP contribution >= 0.6 is 0 Å². The van der Waals surface area contributed by atoms with Crippen molar-refractivity contribution in [2.45, 2.75) is 6.92 Å². The molecule has 0 saturated carbocycles. The van der Waals surface area contributed by atoms with Crippen molar-refractivity contribution in [3.63, 3.8) is 0 Å². The average Bonchev–Trinajstić information content (AvgIpc) is 2.21. The zero-order valence-electron chi connectivity index (χ0n) is 8.58. The van der Waals surface area contributed by atoms with Gasteiger partial charge in [-0.2, -0.15) is 0 Å². The van der Waals surface area contributed by atoms with E-state index in [1.54, 1.807) is 0 Å². The summed E-state index contributed by atoms with van der Waals surface area (Å²) in [5.41, 5.74) is -1.57. The molecule has 7 heteroatoms. The molecule has 0 radical (unpaired) electrons. The quantitative estimate of drug-likeness (QED) is 0.612. The minimum Gasteiger partial charge on any atom is -0.316 e. The summed E-state index contributed by atoms with van der Waals surface area (Å²) < 4.78 is 26.0. The van der Waals surface area contributed by atoms with Crippen molar-refractivity contribution >= 4 is 16.6 Å². The molecule has 0 aliphatic carbocycles. The van der Waals surface area contributed by atoms with Crippen LogP contribution in [0.4, 0.5) is 14.5 Å². The first-order chi connectivity index (χ1) is 7.91. The van der Waals surface area contributed by atoms with Crippen LogP contribution in [-0.4, -0.2) is 9.91 Å². The van der Waals surface area contributed by atoms with Crippen molar-refractivity contribution in [2.75, 3.05) is 0 Å². The molecule has 0 aliphatic rings. The monoisotopic (exact) mass is 240 g/mol. The Balaban J connectivity index is 2.97. The minimum atomic E-state index is -1.12. The normalized spacial score (nSPS) is 10.8. The van der Waals surface area contributed by atoms with E-state index in [1.165, 1.54) is 6.92 Å². The third kappa shape index (κ3) is 1.65. The standard InChI is InChI=1S/C10H6F2N2O3/c1-4-5-2-6(11)7(12)3-8(5)13-10(15)9(4)14(16)17/h2-3H,1H3,(H,13,15). The lowest BCUT2D eigenvalue weighted by Crippen LogP contribution is -2.13. The third-order valence-corrected chi connectivity index (χ3v) is 2.47. The molecule has 0 spiro atoms. The van der Waals surface area contributed by atoms with Gasteiger partial charge in [-0.05, 0) is 13.0 Å². The number of hydrogen-bond donors (Lipinski definition) is 1. The molecule has 1 aromatic carbocycles. The number of nitro groups is 1. The number of aromatic amines is 1. The first-order valence-corrected chi connectivity index (χ1v) is 4.58. The number of pyridine rings is 1. The third-order valence-electron chi connectivity index (χ3n) is 2.47. The molecule has 88 valence electrons. The lowest BCUT2D eigenvalue weighted by Gasteiger charge is -2.03. The van der Waals surface area contributed by atoms with Gasteiger partial charge in [-0.25, -0.2) is 8.78 Å². The Morgan fingerprint density at radius 1 is 1.29 bits per heavy atom. The second-order valence-corrected chi connectivity index (χ2v) is 3.50. The van der Waals surface area contributed by atoms with Gasteiger partial charge in [0.25, 0.3) is 0 Å². The first-order valence-electron chi connectivity index (χ1n) is 4.58. The van der Waals surface area contributed by atoms with Gasteiger partial charge in [0.05, 0.1) is 10.4 Å². The number of nitrogens with one attached hydrogen (secondary N) is 1. The molecule has 0 aliphatic heterocycles. The minimum absolute atomic E-state index is 0.00708. The van der Waals surface area contributed by atoms with E-state index in [0.29, 0.717) is 0 Å². The number of hydrogen-bond acceptors (Lipinski definition) is 3. The van der Waals surface area contributed by atoms with Crippen LogP contribution in [0.15, 0.2) is 16.9 Å². The summed E-state index contributed by atoms with van der Waals surface area (Å²) >= 11 is 0. The molecule has 2 aromatic rings. The van der Waals surface area contributed by atoms with Crippen molar-refractivity contribution in [1.82, 2.24) is 4.98 Å². The molecule has 0 fully saturated rings. The summed E-state index contributed by atoms with van der Waals surface area (Å²) in [7, 11) is 0. The number of benzene rings is 1. The Labute approximate surface area is 92.8 Å². The number of nitrogens with zero attached hydrogens (tertiary/aromatic N) is 1. The lowest BCUT2D eigenvalue weighted by atomic mass is 10.1. The van der Waals surface area contributed by atoms with E-state index in [9.17, 15) is 23.7 Å². The topological polar surface area (TPSA) is 76.0 Å². The van der Waals surface area contributed by atoms with E-state index in [2.05, 4.69) is 4.98 Å². The van der Waals surface area contributed by atoms with Crippen molar-refractivity contribution < 1.29 is 13.7 Å². The maximum Gasteiger partial charge on any atom is 0.337 e. The molecule has 1 heterocycles. The van der Waals surface area contributed by atoms with Crippen molar-refractivity contribution in [1.29, 1.82) is 0 Å². The predicted molar refractivity (Wildman–Crippen MR) is 55.9 cm³/mol. The van der Waals surface area contributed by atoms with Gasteiger partial charge in [0, 0.05) is 17.0 Å². The van der Waals surface area contributed by atoms with Crippen LogP contribution in [0.25, 0.3) is 10.9 Å². The summed E-state index contributed by atoms with van der Waals surface area (Å²) in [6, 6.07) is 1.62. The van der Waals surface area contributed by atoms with Crippen molar-refractivity contribution in [3.05, 3.63) is 49.8 Å². The Morgan fingerprint density at radius 2 is 1.88 bits per heavy atom. The fraction of sp³-hybridized carbons (Fsp3) is 0.100. The molecule has 2 rings (SSSR count). The van der Waals surface area contributed by atoms with Crippen LogP contribution in [0.5, 0.6) is 0 Å². The zero-order chi connectivity index (χ0) is 12.7. The van der Waals surface area contributed by atoms with Gasteiger partial charge in [-0.1, -0.05) is 0 Å². The smallest absolute Gasteiger partial charge is 0.316 e. The Bertz CT molecular complexity index is 694. The molecule has 0 bridgehead atoms. The molecule has 0 saturated heterocycles. The van der Waals surface area contributed by atoms with Crippen LogP contribution in [0.3, 0.4) is 0 Å². The Kier molecular flexibility index (Phi) is 2.38. The SMILES string of the molecule is Cc1c([N+](=O)[O-])c(=O)[nH]c2cc(F)c(F)cc12. The van der Waals surface area contributed by atoms with Crippen LogP contribution in [0, 0.1) is 28.7 Å². The Hall–Kier alpha value is -2.31. The summed E-state index contributed by atoms with van der Waals surface area (Å²) in [4.78, 5) is 23.3. The number of fused-ring (bicyclic) bond motifs is 1. The molecular formula is C10H6F2N2O3. The van der Waals surface area contributed by atoms with Crippen molar-refractivity contribution in [2.24, 2.45) is 0 Å². The molecule has 5 nitrogen and oxygen atoms in total. The summed E-state index contributed by atoms with van der Waals surface area (Å²) in [6.07, 6.45) is 0. The maximum atomic E-state index is 13.0.